The molecular formula is C19H21ClN2O4S. The molecule has 0 aliphatic heterocycles. The molecule has 0 unspecified atom stereocenters. The van der Waals surface area contributed by atoms with E-state index in [1.807, 2.05) is 0 Å². The number of ketones is 1. The quantitative estimate of drug-likeness (QED) is 0.739. The Morgan fingerprint density at radius 3 is 2.37 bits per heavy atom. The molecule has 2 aromatic rings. The van der Waals surface area contributed by atoms with Crippen LogP contribution in [0, 0.1) is 6.92 Å². The Morgan fingerprint density at radius 1 is 1.15 bits per heavy atom. The molecule has 0 heterocycles. The minimum Gasteiger partial charge on any atom is -0.324 e. The topological polar surface area (TPSA) is 83.6 Å². The molecule has 1 N–H and O–H groups in total. The van der Waals surface area contributed by atoms with Crippen molar-refractivity contribution in [1.82, 2.24) is 0 Å². The molecule has 0 saturated heterocycles. The Kier molecular flexibility index (Phi) is 6.28. The van der Waals surface area contributed by atoms with Gasteiger partial charge in [0, 0.05) is 16.3 Å². The minimum absolute atomic E-state index is 0.133. The number of halogens is 1. The van der Waals surface area contributed by atoms with E-state index >= 15 is 0 Å². The number of hydrogen-bond donors (Lipinski definition) is 1. The van der Waals surface area contributed by atoms with Gasteiger partial charge in [-0.25, -0.2) is 8.42 Å². The Hall–Kier alpha value is -2.38. The number of nitrogens with one attached hydrogen (secondary N) is 1. The summed E-state index contributed by atoms with van der Waals surface area (Å²) in [4.78, 5) is 24.2. The highest BCUT2D eigenvalue weighted by Crippen LogP contribution is 2.27. The zero-order valence-corrected chi connectivity index (χ0v) is 17.1. The molecule has 0 bridgehead atoms. The standard InChI is InChI=1S/C19H21ClN2O4S/c1-12-8-9-17(11-18(12)20)22(27(4,25)26)13(2)19(24)21-16-7-5-6-15(10-16)14(3)23/h5-11,13H,1-4H3,(H,21,24)/t13-/m1/s1. The van der Waals surface area contributed by atoms with Gasteiger partial charge < -0.3 is 5.32 Å². The van der Waals surface area contributed by atoms with Crippen molar-refractivity contribution in [2.24, 2.45) is 0 Å². The summed E-state index contributed by atoms with van der Waals surface area (Å²) in [6, 6.07) is 10.2. The van der Waals surface area contributed by atoms with Crippen molar-refractivity contribution in [3.05, 3.63) is 58.6 Å². The van der Waals surface area contributed by atoms with Crippen molar-refractivity contribution >= 4 is 44.7 Å². The van der Waals surface area contributed by atoms with Crippen LogP contribution in [-0.4, -0.2) is 32.4 Å². The number of hydrogen-bond acceptors (Lipinski definition) is 4. The van der Waals surface area contributed by atoms with E-state index in [2.05, 4.69) is 5.32 Å². The van der Waals surface area contributed by atoms with Crippen LogP contribution in [0.1, 0.15) is 29.8 Å². The number of anilines is 2. The Bertz CT molecular complexity index is 989. The second kappa shape index (κ2) is 8.10. The molecule has 27 heavy (non-hydrogen) atoms. The van der Waals surface area contributed by atoms with Crippen LogP contribution < -0.4 is 9.62 Å². The van der Waals surface area contributed by atoms with Gasteiger partial charge in [0.15, 0.2) is 5.78 Å². The SMILES string of the molecule is CC(=O)c1cccc(NC(=O)[C@@H](C)N(c2ccc(C)c(Cl)c2)S(C)(=O)=O)c1. The van der Waals surface area contributed by atoms with Crippen LogP contribution in [0.25, 0.3) is 0 Å². The fourth-order valence-corrected chi connectivity index (χ4v) is 3.93. The predicted molar refractivity (Wildman–Crippen MR) is 108 cm³/mol. The Morgan fingerprint density at radius 2 is 1.81 bits per heavy atom. The zero-order valence-electron chi connectivity index (χ0n) is 15.5. The Labute approximate surface area is 164 Å². The van der Waals surface area contributed by atoms with Crippen molar-refractivity contribution in [3.8, 4) is 0 Å². The summed E-state index contributed by atoms with van der Waals surface area (Å²) in [5, 5.41) is 3.06. The number of Topliss-reactive ketones (excluding diaryl/α,β-unsaturated/α-hetero) is 1. The second-order valence-electron chi connectivity index (χ2n) is 6.29. The molecule has 0 aliphatic rings. The van der Waals surface area contributed by atoms with Gasteiger partial charge in [-0.15, -0.1) is 0 Å². The first-order chi connectivity index (χ1) is 12.5. The lowest BCUT2D eigenvalue weighted by Gasteiger charge is -2.28. The predicted octanol–water partition coefficient (Wildman–Crippen LogP) is 3.64. The highest BCUT2D eigenvalue weighted by Gasteiger charge is 2.29. The first-order valence-electron chi connectivity index (χ1n) is 8.18. The number of carbonyl (C=O) groups excluding carboxylic acids is 2. The van der Waals surface area contributed by atoms with Crippen molar-refractivity contribution in [1.29, 1.82) is 0 Å². The maximum atomic E-state index is 12.7. The molecule has 0 fully saturated rings. The molecule has 0 spiro atoms. The number of sulfonamides is 1. The van der Waals surface area contributed by atoms with Crippen LogP contribution in [0.5, 0.6) is 0 Å². The van der Waals surface area contributed by atoms with Gasteiger partial charge in [0.2, 0.25) is 15.9 Å². The molecule has 144 valence electrons. The van der Waals surface area contributed by atoms with Gasteiger partial charge in [-0.05, 0) is 50.6 Å². The lowest BCUT2D eigenvalue weighted by molar-refractivity contribution is -0.116. The number of carbonyl (C=O) groups is 2. The lowest BCUT2D eigenvalue weighted by Crippen LogP contribution is -2.45. The minimum atomic E-state index is -3.75. The third-order valence-corrected chi connectivity index (χ3v) is 5.68. The fourth-order valence-electron chi connectivity index (χ4n) is 2.59. The molecule has 0 aromatic heterocycles. The summed E-state index contributed by atoms with van der Waals surface area (Å²) >= 11 is 6.12. The normalized spacial score (nSPS) is 12.3. The van der Waals surface area contributed by atoms with Crippen LogP contribution in [0.15, 0.2) is 42.5 Å². The molecule has 1 amide bonds. The maximum absolute atomic E-state index is 12.7. The van der Waals surface area contributed by atoms with Gasteiger partial charge in [-0.2, -0.15) is 0 Å². The third-order valence-electron chi connectivity index (χ3n) is 4.04. The van der Waals surface area contributed by atoms with E-state index in [0.717, 1.165) is 16.1 Å². The molecule has 8 heteroatoms. The molecule has 0 saturated carbocycles. The summed E-state index contributed by atoms with van der Waals surface area (Å²) in [7, 11) is -3.75. The van der Waals surface area contributed by atoms with E-state index in [0.29, 0.717) is 22.0 Å². The largest absolute Gasteiger partial charge is 0.324 e. The van der Waals surface area contributed by atoms with Crippen molar-refractivity contribution in [3.63, 3.8) is 0 Å². The van der Waals surface area contributed by atoms with Gasteiger partial charge in [0.25, 0.3) is 0 Å². The van der Waals surface area contributed by atoms with Crippen LogP contribution in [0.2, 0.25) is 5.02 Å². The van der Waals surface area contributed by atoms with Gasteiger partial charge in [-0.3, -0.25) is 13.9 Å². The summed E-state index contributed by atoms with van der Waals surface area (Å²) in [6.07, 6.45) is 1.03. The van der Waals surface area contributed by atoms with E-state index in [4.69, 9.17) is 11.6 Å². The molecule has 6 nitrogen and oxygen atoms in total. The van der Waals surface area contributed by atoms with Gasteiger partial charge >= 0.3 is 0 Å². The molecule has 0 radical (unpaired) electrons. The Balaban J connectivity index is 2.33. The van der Waals surface area contributed by atoms with E-state index < -0.39 is 22.0 Å². The van der Waals surface area contributed by atoms with Crippen LogP contribution in [0.3, 0.4) is 0 Å². The highest BCUT2D eigenvalue weighted by molar-refractivity contribution is 7.92. The summed E-state index contributed by atoms with van der Waals surface area (Å²) in [5.41, 5.74) is 1.96. The number of nitrogens with zero attached hydrogens (tertiary/aromatic N) is 1. The van der Waals surface area contributed by atoms with Crippen LogP contribution in [-0.2, 0) is 14.8 Å². The van der Waals surface area contributed by atoms with E-state index in [-0.39, 0.29) is 5.78 Å². The van der Waals surface area contributed by atoms with Crippen molar-refractivity contribution < 1.29 is 18.0 Å². The molecule has 1 atom stereocenters. The zero-order chi connectivity index (χ0) is 20.4. The smallest absolute Gasteiger partial charge is 0.247 e. The summed E-state index contributed by atoms with van der Waals surface area (Å²) in [6.45, 7) is 4.71. The lowest BCUT2D eigenvalue weighted by atomic mass is 10.1. The van der Waals surface area contributed by atoms with E-state index in [9.17, 15) is 18.0 Å². The summed E-state index contributed by atoms with van der Waals surface area (Å²) in [5.74, 6) is -0.663. The molecule has 0 aliphatic carbocycles. The number of rotatable bonds is 6. The summed E-state index contributed by atoms with van der Waals surface area (Å²) < 4.78 is 25.7. The number of benzene rings is 2. The number of amides is 1. The first-order valence-corrected chi connectivity index (χ1v) is 10.4. The molecule has 2 aromatic carbocycles. The third kappa shape index (κ3) is 5.08. The maximum Gasteiger partial charge on any atom is 0.247 e. The van der Waals surface area contributed by atoms with Gasteiger partial charge in [-0.1, -0.05) is 29.8 Å². The average Bonchev–Trinajstić information content (AvgIpc) is 2.57. The van der Waals surface area contributed by atoms with Crippen LogP contribution in [0.4, 0.5) is 11.4 Å². The number of aryl methyl sites for hydroxylation is 1. The second-order valence-corrected chi connectivity index (χ2v) is 8.56. The highest BCUT2D eigenvalue weighted by atomic mass is 35.5. The van der Waals surface area contributed by atoms with E-state index in [1.165, 1.54) is 19.9 Å². The average molecular weight is 409 g/mol. The molecule has 2 rings (SSSR count). The molecular weight excluding hydrogens is 388 g/mol. The fraction of sp³-hybridized carbons (Fsp3) is 0.263. The van der Waals surface area contributed by atoms with Crippen molar-refractivity contribution in [2.45, 2.75) is 26.8 Å². The van der Waals surface area contributed by atoms with Crippen LogP contribution >= 0.6 is 11.6 Å². The van der Waals surface area contributed by atoms with Crippen molar-refractivity contribution in [2.75, 3.05) is 15.9 Å². The van der Waals surface area contributed by atoms with E-state index in [1.54, 1.807) is 43.3 Å². The van der Waals surface area contributed by atoms with Gasteiger partial charge in [0.05, 0.1) is 11.9 Å². The monoisotopic (exact) mass is 408 g/mol. The first kappa shape index (κ1) is 20.9. The van der Waals surface area contributed by atoms with Gasteiger partial charge in [0.1, 0.15) is 6.04 Å².